The van der Waals surface area contributed by atoms with Crippen LogP contribution in [0.25, 0.3) is 16.5 Å². The van der Waals surface area contributed by atoms with Crippen LogP contribution in [0.1, 0.15) is 5.69 Å². The number of allylic oxidation sites excluding steroid dienone is 3. The van der Waals surface area contributed by atoms with Gasteiger partial charge < -0.3 is 15.2 Å². The van der Waals surface area contributed by atoms with Gasteiger partial charge in [0.25, 0.3) is 0 Å². The number of methoxy groups -OCH3 is 1. The van der Waals surface area contributed by atoms with E-state index in [1.165, 1.54) is 6.08 Å². The second-order valence-electron chi connectivity index (χ2n) is 5.06. The van der Waals surface area contributed by atoms with Crippen molar-refractivity contribution in [3.63, 3.8) is 0 Å². The lowest BCUT2D eigenvalue weighted by Crippen LogP contribution is -2.20. The SMILES string of the molecule is COCCOc1nc(C2=C(N)C(=O)C=CC2=O)c2ccccc2n1. The number of ether oxygens (including phenoxy) is 2. The van der Waals surface area contributed by atoms with Crippen molar-refractivity contribution in [3.8, 4) is 6.01 Å². The molecule has 1 heterocycles. The largest absolute Gasteiger partial charge is 0.461 e. The number of nitrogens with two attached hydrogens (primary N) is 1. The maximum Gasteiger partial charge on any atom is 0.317 e. The normalized spacial score (nSPS) is 14.5. The zero-order valence-corrected chi connectivity index (χ0v) is 13.0. The molecule has 0 amide bonds. The van der Waals surface area contributed by atoms with E-state index in [0.717, 1.165) is 6.08 Å². The molecule has 0 saturated heterocycles. The van der Waals surface area contributed by atoms with Gasteiger partial charge in [0.15, 0.2) is 5.78 Å². The second kappa shape index (κ2) is 6.59. The Balaban J connectivity index is 2.17. The monoisotopic (exact) mass is 325 g/mol. The summed E-state index contributed by atoms with van der Waals surface area (Å²) in [5.41, 5.74) is 6.65. The smallest absolute Gasteiger partial charge is 0.317 e. The van der Waals surface area contributed by atoms with Crippen LogP contribution in [0.4, 0.5) is 0 Å². The summed E-state index contributed by atoms with van der Waals surface area (Å²) in [4.78, 5) is 32.7. The molecule has 0 radical (unpaired) electrons. The number of nitrogens with zero attached hydrogens (tertiary/aromatic N) is 2. The topological polar surface area (TPSA) is 104 Å². The zero-order valence-electron chi connectivity index (χ0n) is 13.0. The van der Waals surface area contributed by atoms with Crippen molar-refractivity contribution in [1.82, 2.24) is 9.97 Å². The van der Waals surface area contributed by atoms with Crippen molar-refractivity contribution in [2.24, 2.45) is 5.73 Å². The standard InChI is InChI=1S/C17H15N3O4/c1-23-8-9-24-17-19-11-5-3-2-4-10(11)16(20-17)14-12(21)6-7-13(22)15(14)18/h2-7H,8-9,18H2,1H3. The van der Waals surface area contributed by atoms with Gasteiger partial charge in [-0.1, -0.05) is 18.2 Å². The number of benzene rings is 1. The van der Waals surface area contributed by atoms with Crippen LogP contribution in [0, 0.1) is 0 Å². The molecule has 0 saturated carbocycles. The summed E-state index contributed by atoms with van der Waals surface area (Å²) in [6.07, 6.45) is 2.34. The molecule has 0 atom stereocenters. The molecule has 0 unspecified atom stereocenters. The second-order valence-corrected chi connectivity index (χ2v) is 5.06. The van der Waals surface area contributed by atoms with Gasteiger partial charge >= 0.3 is 6.01 Å². The zero-order chi connectivity index (χ0) is 17.1. The van der Waals surface area contributed by atoms with Gasteiger partial charge in [0.1, 0.15) is 6.61 Å². The summed E-state index contributed by atoms with van der Waals surface area (Å²) in [6, 6.07) is 7.23. The number of hydrogen-bond acceptors (Lipinski definition) is 7. The van der Waals surface area contributed by atoms with Crippen LogP contribution in [-0.2, 0) is 14.3 Å². The molecule has 1 aliphatic carbocycles. The predicted molar refractivity (Wildman–Crippen MR) is 87.2 cm³/mol. The molecular weight excluding hydrogens is 310 g/mol. The third-order valence-electron chi connectivity index (χ3n) is 3.51. The number of carbonyl (C=O) groups excluding carboxylic acids is 2. The van der Waals surface area contributed by atoms with Gasteiger partial charge in [0.2, 0.25) is 5.78 Å². The van der Waals surface area contributed by atoms with Crippen molar-refractivity contribution in [2.45, 2.75) is 0 Å². The molecule has 1 aromatic carbocycles. The van der Waals surface area contributed by atoms with Crippen LogP contribution in [0.5, 0.6) is 6.01 Å². The lowest BCUT2D eigenvalue weighted by Gasteiger charge is -2.14. The molecule has 3 rings (SSSR count). The van der Waals surface area contributed by atoms with Gasteiger partial charge in [-0.3, -0.25) is 9.59 Å². The number of rotatable bonds is 5. The molecule has 0 bridgehead atoms. The van der Waals surface area contributed by atoms with Gasteiger partial charge in [-0.05, 0) is 18.2 Å². The van der Waals surface area contributed by atoms with Gasteiger partial charge in [0.05, 0.1) is 29.1 Å². The van der Waals surface area contributed by atoms with E-state index in [9.17, 15) is 9.59 Å². The third kappa shape index (κ3) is 2.89. The van der Waals surface area contributed by atoms with E-state index in [4.69, 9.17) is 15.2 Å². The lowest BCUT2D eigenvalue weighted by molar-refractivity contribution is -0.114. The summed E-state index contributed by atoms with van der Waals surface area (Å²) >= 11 is 0. The van der Waals surface area contributed by atoms with Crippen LogP contribution < -0.4 is 10.5 Å². The molecular formula is C17H15N3O4. The maximum absolute atomic E-state index is 12.3. The average molecular weight is 325 g/mol. The Hall–Kier alpha value is -3.06. The van der Waals surface area contributed by atoms with Crippen LogP contribution >= 0.6 is 0 Å². The van der Waals surface area contributed by atoms with Crippen LogP contribution in [0.3, 0.4) is 0 Å². The minimum absolute atomic E-state index is 0.0673. The van der Waals surface area contributed by atoms with E-state index >= 15 is 0 Å². The van der Waals surface area contributed by atoms with Crippen LogP contribution in [0.2, 0.25) is 0 Å². The number of aromatic nitrogens is 2. The number of para-hydroxylation sites is 1. The molecule has 7 heteroatoms. The fourth-order valence-corrected chi connectivity index (χ4v) is 2.35. The van der Waals surface area contributed by atoms with Crippen LogP contribution in [0.15, 0.2) is 42.1 Å². The van der Waals surface area contributed by atoms with Crippen molar-refractivity contribution in [1.29, 1.82) is 0 Å². The Kier molecular flexibility index (Phi) is 4.35. The molecule has 1 aromatic heterocycles. The Bertz CT molecular complexity index is 887. The van der Waals surface area contributed by atoms with Crippen molar-refractivity contribution in [2.75, 3.05) is 20.3 Å². The summed E-state index contributed by atoms with van der Waals surface area (Å²) in [5, 5.41) is 0.617. The highest BCUT2D eigenvalue weighted by molar-refractivity contribution is 6.36. The molecule has 2 aromatic rings. The fraction of sp³-hybridized carbons (Fsp3) is 0.176. The Morgan fingerprint density at radius 3 is 2.58 bits per heavy atom. The summed E-state index contributed by atoms with van der Waals surface area (Å²) < 4.78 is 10.4. The Labute approximate surface area is 137 Å². The fourth-order valence-electron chi connectivity index (χ4n) is 2.35. The Morgan fingerprint density at radius 1 is 1.04 bits per heavy atom. The van der Waals surface area contributed by atoms with Gasteiger partial charge in [-0.2, -0.15) is 9.97 Å². The first-order chi connectivity index (χ1) is 11.6. The molecule has 0 aliphatic heterocycles. The quantitative estimate of drug-likeness (QED) is 0.646. The van der Waals surface area contributed by atoms with E-state index in [1.807, 2.05) is 6.07 Å². The first-order valence-corrected chi connectivity index (χ1v) is 7.27. The molecule has 24 heavy (non-hydrogen) atoms. The maximum atomic E-state index is 12.3. The van der Waals surface area contributed by atoms with Crippen molar-refractivity contribution >= 4 is 28.0 Å². The minimum atomic E-state index is -0.422. The molecule has 0 spiro atoms. The minimum Gasteiger partial charge on any atom is -0.461 e. The molecule has 2 N–H and O–H groups in total. The molecule has 122 valence electrons. The number of carbonyl (C=O) groups is 2. The number of hydrogen-bond donors (Lipinski definition) is 1. The van der Waals surface area contributed by atoms with E-state index in [1.54, 1.807) is 25.3 Å². The van der Waals surface area contributed by atoms with Crippen LogP contribution in [-0.4, -0.2) is 41.9 Å². The first kappa shape index (κ1) is 15.8. The van der Waals surface area contributed by atoms with Crippen molar-refractivity contribution < 1.29 is 19.1 Å². The summed E-state index contributed by atoms with van der Waals surface area (Å²) in [7, 11) is 1.56. The Morgan fingerprint density at radius 2 is 1.79 bits per heavy atom. The first-order valence-electron chi connectivity index (χ1n) is 7.27. The van der Waals surface area contributed by atoms with Gasteiger partial charge in [0, 0.05) is 12.5 Å². The van der Waals surface area contributed by atoms with E-state index in [0.29, 0.717) is 17.5 Å². The highest BCUT2D eigenvalue weighted by Crippen LogP contribution is 2.28. The molecule has 1 aliphatic rings. The predicted octanol–water partition coefficient (Wildman–Crippen LogP) is 1.03. The van der Waals surface area contributed by atoms with E-state index in [2.05, 4.69) is 9.97 Å². The molecule has 7 nitrogen and oxygen atoms in total. The third-order valence-corrected chi connectivity index (χ3v) is 3.51. The van der Waals surface area contributed by atoms with E-state index in [-0.39, 0.29) is 35.4 Å². The van der Waals surface area contributed by atoms with Crippen molar-refractivity contribution in [3.05, 3.63) is 47.8 Å². The lowest BCUT2D eigenvalue weighted by atomic mass is 9.95. The van der Waals surface area contributed by atoms with E-state index < -0.39 is 5.78 Å². The summed E-state index contributed by atoms with van der Waals surface area (Å²) in [5.74, 6) is -0.798. The average Bonchev–Trinajstić information content (AvgIpc) is 2.59. The van der Waals surface area contributed by atoms with Gasteiger partial charge in [-0.15, -0.1) is 0 Å². The van der Waals surface area contributed by atoms with Gasteiger partial charge in [-0.25, -0.2) is 0 Å². The number of ketones is 2. The summed E-state index contributed by atoms with van der Waals surface area (Å²) in [6.45, 7) is 0.631. The number of fused-ring (bicyclic) bond motifs is 1. The highest BCUT2D eigenvalue weighted by Gasteiger charge is 2.25. The highest BCUT2D eigenvalue weighted by atomic mass is 16.5. The molecule has 0 fully saturated rings.